The van der Waals surface area contributed by atoms with Crippen molar-refractivity contribution < 1.29 is 4.79 Å². The molecule has 5 heteroatoms. The van der Waals surface area contributed by atoms with Crippen LogP contribution in [-0.4, -0.2) is 10.9 Å². The van der Waals surface area contributed by atoms with Crippen LogP contribution in [0, 0.1) is 0 Å². The number of nitrogens with two attached hydrogens (primary N) is 1. The van der Waals surface area contributed by atoms with Crippen LogP contribution < -0.4 is 11.1 Å². The Hall–Kier alpha value is -2.40. The molecule has 1 aromatic heterocycles. The van der Waals surface area contributed by atoms with Crippen molar-refractivity contribution in [1.82, 2.24) is 4.98 Å². The Labute approximate surface area is 130 Å². The molecule has 0 saturated heterocycles. The van der Waals surface area contributed by atoms with Gasteiger partial charge in [-0.05, 0) is 30.3 Å². The van der Waals surface area contributed by atoms with Crippen LogP contribution in [0.2, 0.25) is 0 Å². The number of anilines is 2. The third-order valence-corrected chi connectivity index (χ3v) is 3.63. The topological polar surface area (TPSA) is 68.0 Å². The second kappa shape index (κ2) is 5.54. The van der Waals surface area contributed by atoms with Crippen LogP contribution in [0.15, 0.2) is 59.2 Å². The average molecular weight is 342 g/mol. The van der Waals surface area contributed by atoms with Gasteiger partial charge in [-0.3, -0.25) is 9.78 Å². The summed E-state index contributed by atoms with van der Waals surface area (Å²) in [5, 5.41) is 3.84. The highest BCUT2D eigenvalue weighted by Gasteiger charge is 2.12. The first-order valence-corrected chi connectivity index (χ1v) is 7.14. The molecule has 0 spiro atoms. The summed E-state index contributed by atoms with van der Waals surface area (Å²) < 4.78 is 0.836. The first-order valence-electron chi connectivity index (χ1n) is 6.35. The van der Waals surface area contributed by atoms with Gasteiger partial charge in [0.15, 0.2) is 0 Å². The molecule has 0 atom stereocenters. The zero-order valence-corrected chi connectivity index (χ0v) is 12.6. The molecule has 0 bridgehead atoms. The fraction of sp³-hybridized carbons (Fsp3) is 0. The van der Waals surface area contributed by atoms with E-state index < -0.39 is 0 Å². The minimum absolute atomic E-state index is 0.252. The molecule has 0 aliphatic carbocycles. The molecule has 3 aromatic rings. The number of fused-ring (bicyclic) bond motifs is 1. The van der Waals surface area contributed by atoms with Crippen LogP contribution in [0.1, 0.15) is 10.4 Å². The molecule has 4 nitrogen and oxygen atoms in total. The van der Waals surface area contributed by atoms with Crippen molar-refractivity contribution in [3.63, 3.8) is 0 Å². The van der Waals surface area contributed by atoms with E-state index in [0.717, 1.165) is 15.4 Å². The third kappa shape index (κ3) is 2.73. The Balaban J connectivity index is 1.97. The monoisotopic (exact) mass is 341 g/mol. The molecular weight excluding hydrogens is 330 g/mol. The lowest BCUT2D eigenvalue weighted by molar-refractivity contribution is 0.102. The number of pyridine rings is 1. The van der Waals surface area contributed by atoms with Crippen LogP contribution in [0.4, 0.5) is 11.4 Å². The maximum atomic E-state index is 12.4. The fourth-order valence-corrected chi connectivity index (χ4v) is 2.51. The standard InChI is InChI=1S/C16H12BrN3O/c17-11-6-7-12(13(18)9-11)16(21)20-14-5-1-3-10-4-2-8-19-15(10)14/h1-9H,18H2,(H,20,21). The van der Waals surface area contributed by atoms with E-state index in [-0.39, 0.29) is 5.91 Å². The number of halogens is 1. The summed E-state index contributed by atoms with van der Waals surface area (Å²) in [6.45, 7) is 0. The van der Waals surface area contributed by atoms with Crippen LogP contribution in [0.3, 0.4) is 0 Å². The summed E-state index contributed by atoms with van der Waals surface area (Å²) in [6.07, 6.45) is 1.70. The maximum absolute atomic E-state index is 12.4. The summed E-state index contributed by atoms with van der Waals surface area (Å²) >= 11 is 3.32. The number of nitrogens with zero attached hydrogens (tertiary/aromatic N) is 1. The molecule has 0 unspecified atom stereocenters. The molecule has 0 fully saturated rings. The average Bonchev–Trinajstić information content (AvgIpc) is 2.47. The highest BCUT2D eigenvalue weighted by molar-refractivity contribution is 9.10. The predicted molar refractivity (Wildman–Crippen MR) is 88.3 cm³/mol. The van der Waals surface area contributed by atoms with Crippen molar-refractivity contribution in [2.45, 2.75) is 0 Å². The quantitative estimate of drug-likeness (QED) is 0.696. The normalized spacial score (nSPS) is 10.5. The Morgan fingerprint density at radius 3 is 2.76 bits per heavy atom. The van der Waals surface area contributed by atoms with Crippen molar-refractivity contribution in [3.05, 3.63) is 64.8 Å². The van der Waals surface area contributed by atoms with Crippen molar-refractivity contribution in [3.8, 4) is 0 Å². The van der Waals surface area contributed by atoms with Gasteiger partial charge < -0.3 is 11.1 Å². The van der Waals surface area contributed by atoms with Gasteiger partial charge in [0.1, 0.15) is 0 Å². The van der Waals surface area contributed by atoms with Crippen molar-refractivity contribution >= 4 is 44.1 Å². The second-order valence-corrected chi connectivity index (χ2v) is 5.48. The number of amides is 1. The number of rotatable bonds is 2. The lowest BCUT2D eigenvalue weighted by Gasteiger charge is -2.09. The first-order chi connectivity index (χ1) is 10.1. The van der Waals surface area contributed by atoms with Gasteiger partial charge in [-0.15, -0.1) is 0 Å². The molecule has 0 radical (unpaired) electrons. The van der Waals surface area contributed by atoms with Gasteiger partial charge in [-0.2, -0.15) is 0 Å². The molecule has 3 rings (SSSR count). The number of carbonyl (C=O) groups excluding carboxylic acids is 1. The Morgan fingerprint density at radius 2 is 1.95 bits per heavy atom. The van der Waals surface area contributed by atoms with Crippen molar-refractivity contribution in [1.29, 1.82) is 0 Å². The molecule has 21 heavy (non-hydrogen) atoms. The van der Waals surface area contributed by atoms with E-state index in [4.69, 9.17) is 5.73 Å². The van der Waals surface area contributed by atoms with Gasteiger partial charge in [-0.1, -0.05) is 34.1 Å². The molecule has 104 valence electrons. The van der Waals surface area contributed by atoms with Gasteiger partial charge in [0.25, 0.3) is 5.91 Å². The van der Waals surface area contributed by atoms with Gasteiger partial charge in [0, 0.05) is 21.7 Å². The smallest absolute Gasteiger partial charge is 0.257 e. The molecule has 3 N–H and O–H groups in total. The number of carbonyl (C=O) groups is 1. The Kier molecular flexibility index (Phi) is 3.58. The zero-order chi connectivity index (χ0) is 14.8. The minimum Gasteiger partial charge on any atom is -0.398 e. The Bertz CT molecular complexity index is 827. The molecule has 0 aliphatic heterocycles. The summed E-state index contributed by atoms with van der Waals surface area (Å²) in [7, 11) is 0. The number of hydrogen-bond donors (Lipinski definition) is 2. The number of aromatic nitrogens is 1. The van der Waals surface area contributed by atoms with Crippen LogP contribution in [-0.2, 0) is 0 Å². The van der Waals surface area contributed by atoms with Crippen molar-refractivity contribution in [2.24, 2.45) is 0 Å². The summed E-state index contributed by atoms with van der Waals surface area (Å²) in [5.74, 6) is -0.252. The molecule has 2 aromatic carbocycles. The molecular formula is C16H12BrN3O. The first kappa shape index (κ1) is 13.6. The number of nitrogen functional groups attached to an aromatic ring is 1. The lowest BCUT2D eigenvalue weighted by atomic mass is 10.1. The number of para-hydroxylation sites is 1. The van der Waals surface area contributed by atoms with E-state index in [9.17, 15) is 4.79 Å². The van der Waals surface area contributed by atoms with E-state index in [1.165, 1.54) is 0 Å². The van der Waals surface area contributed by atoms with E-state index in [1.54, 1.807) is 24.4 Å². The van der Waals surface area contributed by atoms with Crippen LogP contribution in [0.25, 0.3) is 10.9 Å². The molecule has 1 amide bonds. The Morgan fingerprint density at radius 1 is 1.14 bits per heavy atom. The van der Waals surface area contributed by atoms with Gasteiger partial charge in [0.2, 0.25) is 0 Å². The third-order valence-electron chi connectivity index (χ3n) is 3.14. The fourth-order valence-electron chi connectivity index (χ4n) is 2.14. The molecule has 1 heterocycles. The van der Waals surface area contributed by atoms with E-state index in [2.05, 4.69) is 26.2 Å². The van der Waals surface area contributed by atoms with E-state index >= 15 is 0 Å². The number of hydrogen-bond acceptors (Lipinski definition) is 3. The maximum Gasteiger partial charge on any atom is 0.257 e. The predicted octanol–water partition coefficient (Wildman–Crippen LogP) is 3.83. The van der Waals surface area contributed by atoms with E-state index in [0.29, 0.717) is 16.9 Å². The number of nitrogens with one attached hydrogen (secondary N) is 1. The van der Waals surface area contributed by atoms with Crippen molar-refractivity contribution in [2.75, 3.05) is 11.1 Å². The zero-order valence-electron chi connectivity index (χ0n) is 11.0. The largest absolute Gasteiger partial charge is 0.398 e. The highest BCUT2D eigenvalue weighted by Crippen LogP contribution is 2.23. The van der Waals surface area contributed by atoms with Crippen LogP contribution in [0.5, 0.6) is 0 Å². The van der Waals surface area contributed by atoms with Gasteiger partial charge >= 0.3 is 0 Å². The molecule has 0 aliphatic rings. The lowest BCUT2D eigenvalue weighted by Crippen LogP contribution is -2.14. The molecule has 0 saturated carbocycles. The van der Waals surface area contributed by atoms with Gasteiger partial charge in [0.05, 0.1) is 16.8 Å². The number of benzene rings is 2. The second-order valence-electron chi connectivity index (χ2n) is 4.57. The van der Waals surface area contributed by atoms with Gasteiger partial charge in [-0.25, -0.2) is 0 Å². The highest BCUT2D eigenvalue weighted by atomic mass is 79.9. The van der Waals surface area contributed by atoms with Crippen LogP contribution >= 0.6 is 15.9 Å². The summed E-state index contributed by atoms with van der Waals surface area (Å²) in [5.41, 5.74) is 8.17. The summed E-state index contributed by atoms with van der Waals surface area (Å²) in [4.78, 5) is 16.7. The SMILES string of the molecule is Nc1cc(Br)ccc1C(=O)Nc1cccc2cccnc12. The minimum atomic E-state index is -0.252. The summed E-state index contributed by atoms with van der Waals surface area (Å²) in [6, 6.07) is 14.6. The van der Waals surface area contributed by atoms with E-state index in [1.807, 2.05) is 30.3 Å².